The molecule has 0 bridgehead atoms. The molecular formula is C13H23N3O2S2. The number of aromatic nitrogens is 1. The summed E-state index contributed by atoms with van der Waals surface area (Å²) in [5, 5.41) is 3.22. The predicted molar refractivity (Wildman–Crippen MR) is 83.5 cm³/mol. The normalized spacial score (nSPS) is 19.9. The topological polar surface area (TPSA) is 54.3 Å². The molecule has 1 aliphatic heterocycles. The lowest BCUT2D eigenvalue weighted by Gasteiger charge is -2.22. The summed E-state index contributed by atoms with van der Waals surface area (Å²) in [6.07, 6.45) is 2.65. The Morgan fingerprint density at radius 3 is 2.90 bits per heavy atom. The highest BCUT2D eigenvalue weighted by Crippen LogP contribution is 2.26. The molecule has 0 amide bonds. The molecule has 0 aromatic carbocycles. The minimum absolute atomic E-state index is 0.127. The molecule has 2 heterocycles. The van der Waals surface area contributed by atoms with Crippen molar-refractivity contribution in [3.8, 4) is 0 Å². The molecule has 114 valence electrons. The summed E-state index contributed by atoms with van der Waals surface area (Å²) in [7, 11) is 0.206. The first kappa shape index (κ1) is 15.9. The summed E-state index contributed by atoms with van der Waals surface area (Å²) in [5.41, 5.74) is 0.986. The standard InChI is InChI=1S/C13H23N3O2S2/c1-4-14-8-12-7-13(9-15(12)2)20(17,18)16(3)11-5-6-19-10-11/h7,9,11,14H,4-6,8,10H2,1-3H3. The minimum Gasteiger partial charge on any atom is -0.352 e. The summed E-state index contributed by atoms with van der Waals surface area (Å²) >= 11 is 1.82. The third-order valence-electron chi connectivity index (χ3n) is 3.74. The molecule has 1 N–H and O–H groups in total. The molecule has 5 nitrogen and oxygen atoms in total. The van der Waals surface area contributed by atoms with Crippen LogP contribution in [0.1, 0.15) is 19.0 Å². The highest BCUT2D eigenvalue weighted by molar-refractivity contribution is 7.99. The zero-order valence-electron chi connectivity index (χ0n) is 12.3. The second-order valence-electron chi connectivity index (χ2n) is 5.10. The number of nitrogens with one attached hydrogen (secondary N) is 1. The Morgan fingerprint density at radius 2 is 2.30 bits per heavy atom. The molecule has 1 saturated heterocycles. The minimum atomic E-state index is -3.38. The van der Waals surface area contributed by atoms with Crippen LogP contribution in [-0.2, 0) is 23.6 Å². The van der Waals surface area contributed by atoms with Gasteiger partial charge in [0, 0.05) is 44.3 Å². The van der Waals surface area contributed by atoms with E-state index >= 15 is 0 Å². The van der Waals surface area contributed by atoms with Gasteiger partial charge in [-0.15, -0.1) is 0 Å². The van der Waals surface area contributed by atoms with Crippen LogP contribution in [0, 0.1) is 0 Å². The third kappa shape index (κ3) is 3.21. The first-order chi connectivity index (χ1) is 9.46. The molecule has 0 aliphatic carbocycles. The zero-order chi connectivity index (χ0) is 14.8. The Hall–Kier alpha value is -0.500. The Bertz CT molecular complexity index is 548. The van der Waals surface area contributed by atoms with Crippen LogP contribution < -0.4 is 5.32 Å². The van der Waals surface area contributed by atoms with Crippen molar-refractivity contribution in [1.29, 1.82) is 0 Å². The quantitative estimate of drug-likeness (QED) is 0.858. The Labute approximate surface area is 125 Å². The fourth-order valence-corrected chi connectivity index (χ4v) is 5.16. The van der Waals surface area contributed by atoms with Crippen molar-refractivity contribution >= 4 is 21.8 Å². The van der Waals surface area contributed by atoms with Gasteiger partial charge >= 0.3 is 0 Å². The molecule has 1 fully saturated rings. The van der Waals surface area contributed by atoms with E-state index in [1.807, 2.05) is 30.3 Å². The molecule has 0 radical (unpaired) electrons. The van der Waals surface area contributed by atoms with Crippen LogP contribution in [0.4, 0.5) is 0 Å². The number of sulfonamides is 1. The number of rotatable bonds is 6. The van der Waals surface area contributed by atoms with E-state index in [1.54, 1.807) is 23.6 Å². The molecular weight excluding hydrogens is 294 g/mol. The Kier molecular flexibility index (Phi) is 5.17. The number of hydrogen-bond donors (Lipinski definition) is 1. The summed E-state index contributed by atoms with van der Waals surface area (Å²) in [6.45, 7) is 3.59. The van der Waals surface area contributed by atoms with Crippen molar-refractivity contribution in [1.82, 2.24) is 14.2 Å². The van der Waals surface area contributed by atoms with Gasteiger partial charge in [-0.3, -0.25) is 0 Å². The van der Waals surface area contributed by atoms with E-state index < -0.39 is 10.0 Å². The summed E-state index contributed by atoms with van der Waals surface area (Å²) in [4.78, 5) is 0.396. The largest absolute Gasteiger partial charge is 0.352 e. The van der Waals surface area contributed by atoms with E-state index in [-0.39, 0.29) is 6.04 Å². The maximum Gasteiger partial charge on any atom is 0.244 e. The van der Waals surface area contributed by atoms with Gasteiger partial charge in [0.2, 0.25) is 10.0 Å². The van der Waals surface area contributed by atoms with Gasteiger partial charge in [-0.05, 0) is 24.8 Å². The van der Waals surface area contributed by atoms with Crippen molar-refractivity contribution in [2.24, 2.45) is 7.05 Å². The van der Waals surface area contributed by atoms with Crippen LogP contribution in [0.3, 0.4) is 0 Å². The smallest absolute Gasteiger partial charge is 0.244 e. The van der Waals surface area contributed by atoms with Gasteiger partial charge in [-0.25, -0.2) is 8.42 Å². The second kappa shape index (κ2) is 6.51. The highest BCUT2D eigenvalue weighted by Gasteiger charge is 2.31. The van der Waals surface area contributed by atoms with Crippen molar-refractivity contribution in [3.05, 3.63) is 18.0 Å². The average Bonchev–Trinajstić information content (AvgIpc) is 3.05. The molecule has 1 aromatic rings. The van der Waals surface area contributed by atoms with Crippen LogP contribution in [0.5, 0.6) is 0 Å². The van der Waals surface area contributed by atoms with Crippen LogP contribution in [-0.4, -0.2) is 48.4 Å². The Balaban J connectivity index is 2.20. The molecule has 20 heavy (non-hydrogen) atoms. The number of nitrogens with zero attached hydrogens (tertiary/aromatic N) is 2. The fraction of sp³-hybridized carbons (Fsp3) is 0.692. The average molecular weight is 317 g/mol. The first-order valence-corrected chi connectivity index (χ1v) is 9.48. The van der Waals surface area contributed by atoms with Crippen molar-refractivity contribution in [3.63, 3.8) is 0 Å². The van der Waals surface area contributed by atoms with Gasteiger partial charge in [-0.1, -0.05) is 6.92 Å². The molecule has 7 heteroatoms. The van der Waals surface area contributed by atoms with Gasteiger partial charge in [0.1, 0.15) is 4.90 Å². The van der Waals surface area contributed by atoms with Gasteiger partial charge in [0.25, 0.3) is 0 Å². The lowest BCUT2D eigenvalue weighted by Crippen LogP contribution is -2.36. The SMILES string of the molecule is CCNCc1cc(S(=O)(=O)N(C)C2CCSC2)cn1C. The number of aryl methyl sites for hydroxylation is 1. The summed E-state index contributed by atoms with van der Waals surface area (Å²) in [6, 6.07) is 1.90. The van der Waals surface area contributed by atoms with Gasteiger partial charge in [0.05, 0.1) is 0 Å². The lowest BCUT2D eigenvalue weighted by atomic mass is 10.3. The van der Waals surface area contributed by atoms with E-state index in [0.29, 0.717) is 11.4 Å². The van der Waals surface area contributed by atoms with E-state index in [2.05, 4.69) is 5.32 Å². The summed E-state index contributed by atoms with van der Waals surface area (Å²) in [5.74, 6) is 1.94. The third-order valence-corrected chi connectivity index (χ3v) is 6.76. The molecule has 1 unspecified atom stereocenters. The van der Waals surface area contributed by atoms with Crippen molar-refractivity contribution in [2.75, 3.05) is 25.1 Å². The maximum atomic E-state index is 12.6. The summed E-state index contributed by atoms with van der Waals surface area (Å²) < 4.78 is 28.7. The molecule has 0 saturated carbocycles. The van der Waals surface area contributed by atoms with E-state index in [0.717, 1.165) is 30.2 Å². The molecule has 1 aromatic heterocycles. The number of thioether (sulfide) groups is 1. The van der Waals surface area contributed by atoms with Crippen molar-refractivity contribution < 1.29 is 8.42 Å². The van der Waals surface area contributed by atoms with Crippen LogP contribution >= 0.6 is 11.8 Å². The monoisotopic (exact) mass is 317 g/mol. The molecule has 2 rings (SSSR count). The first-order valence-electron chi connectivity index (χ1n) is 6.88. The molecule has 1 aliphatic rings. The van der Waals surface area contributed by atoms with Crippen LogP contribution in [0.25, 0.3) is 0 Å². The zero-order valence-corrected chi connectivity index (χ0v) is 13.9. The van der Waals surface area contributed by atoms with E-state index in [1.165, 1.54) is 0 Å². The second-order valence-corrected chi connectivity index (χ2v) is 8.24. The van der Waals surface area contributed by atoms with Gasteiger partial charge in [-0.2, -0.15) is 16.1 Å². The predicted octanol–water partition coefficient (Wildman–Crippen LogP) is 1.26. The van der Waals surface area contributed by atoms with Gasteiger partial charge in [0.15, 0.2) is 0 Å². The Morgan fingerprint density at radius 1 is 1.55 bits per heavy atom. The number of hydrogen-bond acceptors (Lipinski definition) is 4. The van der Waals surface area contributed by atoms with Crippen LogP contribution in [0.15, 0.2) is 17.2 Å². The van der Waals surface area contributed by atoms with Gasteiger partial charge < -0.3 is 9.88 Å². The fourth-order valence-electron chi connectivity index (χ4n) is 2.32. The van der Waals surface area contributed by atoms with Crippen LogP contribution in [0.2, 0.25) is 0 Å². The molecule has 0 spiro atoms. The lowest BCUT2D eigenvalue weighted by molar-refractivity contribution is 0.394. The van der Waals surface area contributed by atoms with E-state index in [4.69, 9.17) is 0 Å². The highest BCUT2D eigenvalue weighted by atomic mass is 32.2. The molecule has 1 atom stereocenters. The van der Waals surface area contributed by atoms with Crippen molar-refractivity contribution in [2.45, 2.75) is 30.8 Å². The maximum absolute atomic E-state index is 12.6. The van der Waals surface area contributed by atoms with E-state index in [9.17, 15) is 8.42 Å².